The number of hydrogen-bond donors (Lipinski definition) is 1. The summed E-state index contributed by atoms with van der Waals surface area (Å²) in [6, 6.07) is 13.7. The van der Waals surface area contributed by atoms with Gasteiger partial charge in [0, 0.05) is 38.2 Å². The van der Waals surface area contributed by atoms with Gasteiger partial charge in [0.1, 0.15) is 11.6 Å². The Hall–Kier alpha value is -2.11. The molecular weight excluding hydrogens is 343 g/mol. The predicted molar refractivity (Wildman–Crippen MR) is 98.1 cm³/mol. The molecule has 1 saturated heterocycles. The summed E-state index contributed by atoms with van der Waals surface area (Å²) >= 11 is 0. The summed E-state index contributed by atoms with van der Waals surface area (Å²) in [5, 5.41) is 3.24. The van der Waals surface area contributed by atoms with E-state index in [1.807, 2.05) is 23.1 Å². The third-order valence-corrected chi connectivity index (χ3v) is 4.06. The van der Waals surface area contributed by atoms with Gasteiger partial charge in [-0.05, 0) is 35.9 Å². The third kappa shape index (κ3) is 5.44. The monoisotopic (exact) mass is 364 g/mol. The van der Waals surface area contributed by atoms with Crippen LogP contribution in [-0.2, 0) is 6.42 Å². The van der Waals surface area contributed by atoms with Gasteiger partial charge in [-0.25, -0.2) is 4.39 Å². The summed E-state index contributed by atoms with van der Waals surface area (Å²) < 4.78 is 18.6. The maximum atomic E-state index is 12.9. The Morgan fingerprint density at radius 2 is 1.84 bits per heavy atom. The van der Waals surface area contributed by atoms with Crippen molar-refractivity contribution in [1.29, 1.82) is 0 Å². The van der Waals surface area contributed by atoms with Crippen LogP contribution >= 0.6 is 12.4 Å². The Morgan fingerprint density at radius 3 is 2.56 bits per heavy atom. The number of piperazine rings is 1. The number of nitrogens with one attached hydrogen (secondary N) is 1. The first-order valence-electron chi connectivity index (χ1n) is 8.20. The van der Waals surface area contributed by atoms with Gasteiger partial charge in [-0.3, -0.25) is 4.79 Å². The summed E-state index contributed by atoms with van der Waals surface area (Å²) in [5.41, 5.74) is 1.67. The Labute approximate surface area is 153 Å². The van der Waals surface area contributed by atoms with E-state index in [0.717, 1.165) is 31.7 Å². The predicted octanol–water partition coefficient (Wildman–Crippen LogP) is 2.91. The molecule has 25 heavy (non-hydrogen) atoms. The zero-order valence-corrected chi connectivity index (χ0v) is 14.7. The van der Waals surface area contributed by atoms with Gasteiger partial charge in [-0.1, -0.05) is 18.2 Å². The second-order valence-corrected chi connectivity index (χ2v) is 5.79. The van der Waals surface area contributed by atoms with Crippen molar-refractivity contribution in [2.24, 2.45) is 0 Å². The maximum Gasteiger partial charge on any atom is 0.254 e. The van der Waals surface area contributed by atoms with Crippen LogP contribution in [-0.4, -0.2) is 43.6 Å². The maximum absolute atomic E-state index is 12.9. The van der Waals surface area contributed by atoms with Crippen LogP contribution in [0.1, 0.15) is 15.9 Å². The van der Waals surface area contributed by atoms with Crippen LogP contribution in [0.5, 0.6) is 5.75 Å². The van der Waals surface area contributed by atoms with Crippen LogP contribution in [0.2, 0.25) is 0 Å². The summed E-state index contributed by atoms with van der Waals surface area (Å²) in [4.78, 5) is 14.3. The van der Waals surface area contributed by atoms with Crippen molar-refractivity contribution in [3.63, 3.8) is 0 Å². The van der Waals surface area contributed by atoms with E-state index in [4.69, 9.17) is 4.74 Å². The van der Waals surface area contributed by atoms with Crippen LogP contribution < -0.4 is 10.1 Å². The van der Waals surface area contributed by atoms with Gasteiger partial charge in [0.25, 0.3) is 5.91 Å². The van der Waals surface area contributed by atoms with Crippen molar-refractivity contribution in [1.82, 2.24) is 10.2 Å². The van der Waals surface area contributed by atoms with Crippen LogP contribution in [0.25, 0.3) is 0 Å². The second-order valence-electron chi connectivity index (χ2n) is 5.79. The molecule has 2 aromatic carbocycles. The van der Waals surface area contributed by atoms with Crippen molar-refractivity contribution in [3.05, 3.63) is 65.5 Å². The zero-order valence-electron chi connectivity index (χ0n) is 13.9. The fraction of sp³-hybridized carbons (Fsp3) is 0.316. The van der Waals surface area contributed by atoms with Gasteiger partial charge in [-0.15, -0.1) is 12.4 Å². The Kier molecular flexibility index (Phi) is 7.22. The van der Waals surface area contributed by atoms with E-state index in [1.54, 1.807) is 18.2 Å². The lowest BCUT2D eigenvalue weighted by Gasteiger charge is -2.27. The number of benzene rings is 2. The molecule has 4 nitrogen and oxygen atoms in total. The highest BCUT2D eigenvalue weighted by atomic mass is 35.5. The fourth-order valence-electron chi connectivity index (χ4n) is 2.71. The summed E-state index contributed by atoms with van der Waals surface area (Å²) in [6.45, 7) is 3.61. The standard InChI is InChI=1S/C19H21FN2O2.ClH/c20-17-6-4-15(5-7-17)8-13-24-18-3-1-2-16(14-18)19(23)22-11-9-21-10-12-22;/h1-7,14,21H,8-13H2;1H. The summed E-state index contributed by atoms with van der Waals surface area (Å²) in [5.74, 6) is 0.484. The van der Waals surface area contributed by atoms with Gasteiger partial charge in [0.05, 0.1) is 6.61 Å². The molecule has 1 N–H and O–H groups in total. The largest absolute Gasteiger partial charge is 0.493 e. The molecule has 1 fully saturated rings. The van der Waals surface area contributed by atoms with Gasteiger partial charge >= 0.3 is 0 Å². The van der Waals surface area contributed by atoms with Crippen molar-refractivity contribution in [3.8, 4) is 5.75 Å². The van der Waals surface area contributed by atoms with Crippen LogP contribution in [0.3, 0.4) is 0 Å². The van der Waals surface area contributed by atoms with E-state index in [0.29, 0.717) is 24.3 Å². The third-order valence-electron chi connectivity index (χ3n) is 4.06. The molecule has 0 atom stereocenters. The molecule has 1 aliphatic heterocycles. The minimum atomic E-state index is -0.237. The highest BCUT2D eigenvalue weighted by Gasteiger charge is 2.18. The topological polar surface area (TPSA) is 41.6 Å². The van der Waals surface area contributed by atoms with Gasteiger partial charge < -0.3 is 15.0 Å². The first kappa shape index (κ1) is 19.2. The number of carbonyl (C=O) groups is 1. The van der Waals surface area contributed by atoms with Gasteiger partial charge in [0.15, 0.2) is 0 Å². The van der Waals surface area contributed by atoms with Crippen LogP contribution in [0.4, 0.5) is 4.39 Å². The number of carbonyl (C=O) groups excluding carboxylic acids is 1. The van der Waals surface area contributed by atoms with E-state index >= 15 is 0 Å². The van der Waals surface area contributed by atoms with E-state index in [9.17, 15) is 9.18 Å². The number of ether oxygens (including phenoxy) is 1. The normalized spacial score (nSPS) is 13.9. The molecule has 1 amide bonds. The zero-order chi connectivity index (χ0) is 16.8. The molecule has 0 aromatic heterocycles. The Balaban J connectivity index is 0.00000225. The number of hydrogen-bond acceptors (Lipinski definition) is 3. The lowest BCUT2D eigenvalue weighted by molar-refractivity contribution is 0.0735. The molecule has 0 unspecified atom stereocenters. The van der Waals surface area contributed by atoms with Crippen molar-refractivity contribution in [2.45, 2.75) is 6.42 Å². The second kappa shape index (κ2) is 9.39. The molecule has 0 radical (unpaired) electrons. The molecule has 0 bridgehead atoms. The average Bonchev–Trinajstić information content (AvgIpc) is 2.64. The SMILES string of the molecule is Cl.O=C(c1cccc(OCCc2ccc(F)cc2)c1)N1CCNCC1. The van der Waals surface area contributed by atoms with E-state index < -0.39 is 0 Å². The molecule has 6 heteroatoms. The molecule has 2 aromatic rings. The molecule has 1 aliphatic rings. The minimum absolute atomic E-state index is 0. The lowest BCUT2D eigenvalue weighted by atomic mass is 10.1. The van der Waals surface area contributed by atoms with Gasteiger partial charge in [0.2, 0.25) is 0 Å². The smallest absolute Gasteiger partial charge is 0.254 e. The van der Waals surface area contributed by atoms with E-state index in [2.05, 4.69) is 5.32 Å². The Morgan fingerprint density at radius 1 is 1.12 bits per heavy atom. The number of amides is 1. The highest BCUT2D eigenvalue weighted by molar-refractivity contribution is 5.94. The lowest BCUT2D eigenvalue weighted by Crippen LogP contribution is -2.46. The summed E-state index contributed by atoms with van der Waals surface area (Å²) in [6.07, 6.45) is 0.691. The fourth-order valence-corrected chi connectivity index (χ4v) is 2.71. The van der Waals surface area contributed by atoms with Crippen LogP contribution in [0, 0.1) is 5.82 Å². The molecule has 3 rings (SSSR count). The quantitative estimate of drug-likeness (QED) is 0.887. The molecule has 0 saturated carbocycles. The van der Waals surface area contributed by atoms with Crippen molar-refractivity contribution >= 4 is 18.3 Å². The average molecular weight is 365 g/mol. The number of rotatable bonds is 5. The first-order valence-corrected chi connectivity index (χ1v) is 8.20. The molecule has 1 heterocycles. The van der Waals surface area contributed by atoms with Crippen molar-refractivity contribution < 1.29 is 13.9 Å². The molecule has 0 spiro atoms. The highest BCUT2D eigenvalue weighted by Crippen LogP contribution is 2.16. The van der Waals surface area contributed by atoms with Crippen molar-refractivity contribution in [2.75, 3.05) is 32.8 Å². The summed E-state index contributed by atoms with van der Waals surface area (Å²) in [7, 11) is 0. The minimum Gasteiger partial charge on any atom is -0.493 e. The molecule has 134 valence electrons. The number of halogens is 2. The molecule has 0 aliphatic carbocycles. The van der Waals surface area contributed by atoms with E-state index in [1.165, 1.54) is 12.1 Å². The first-order chi connectivity index (χ1) is 11.7. The number of nitrogens with zero attached hydrogens (tertiary/aromatic N) is 1. The van der Waals surface area contributed by atoms with E-state index in [-0.39, 0.29) is 24.1 Å². The van der Waals surface area contributed by atoms with Gasteiger partial charge in [-0.2, -0.15) is 0 Å². The van der Waals surface area contributed by atoms with Crippen LogP contribution in [0.15, 0.2) is 48.5 Å². The Bertz CT molecular complexity index is 688. The molecular formula is C19H22ClFN2O2.